The molecule has 0 amide bonds. The lowest BCUT2D eigenvalue weighted by atomic mass is 10.0. The van der Waals surface area contributed by atoms with Gasteiger partial charge in [-0.25, -0.2) is 0 Å². The van der Waals surface area contributed by atoms with Gasteiger partial charge in [0.05, 0.1) is 6.10 Å². The van der Waals surface area contributed by atoms with E-state index in [-0.39, 0.29) is 6.10 Å². The highest BCUT2D eigenvalue weighted by atomic mass is 32.2. The van der Waals surface area contributed by atoms with Crippen molar-refractivity contribution in [3.05, 3.63) is 36.4 Å². The topological polar surface area (TPSA) is 29.5 Å². The van der Waals surface area contributed by atoms with Crippen LogP contribution in [0.4, 0.5) is 0 Å². The number of aliphatic hydroxyl groups is 1. The van der Waals surface area contributed by atoms with Crippen molar-refractivity contribution in [2.24, 2.45) is 0 Å². The monoisotopic (exact) mass is 250 g/mol. The Bertz CT molecular complexity index is 403. The predicted octanol–water partition coefficient (Wildman–Crippen LogP) is 3.26. The molecule has 1 aromatic rings. The standard InChI is InChI=1S/C14H18O2S/c1-3-10(2)8-11(15)13-9-17-14-7-5-4-6-12(14)16-13/h4-7,11,13,15H,2-3,8-9H2,1H3. The molecule has 1 aromatic carbocycles. The average Bonchev–Trinajstić information content (AvgIpc) is 2.38. The largest absolute Gasteiger partial charge is 0.486 e. The molecule has 0 fully saturated rings. The predicted molar refractivity (Wildman–Crippen MR) is 71.6 cm³/mol. The molecular weight excluding hydrogens is 232 g/mol. The number of ether oxygens (including phenoxy) is 1. The summed E-state index contributed by atoms with van der Waals surface area (Å²) in [5.74, 6) is 1.68. The van der Waals surface area contributed by atoms with E-state index >= 15 is 0 Å². The number of fused-ring (bicyclic) bond motifs is 1. The number of benzene rings is 1. The second kappa shape index (κ2) is 5.61. The van der Waals surface area contributed by atoms with Gasteiger partial charge in [0.25, 0.3) is 0 Å². The summed E-state index contributed by atoms with van der Waals surface area (Å²) in [5.41, 5.74) is 1.07. The summed E-state index contributed by atoms with van der Waals surface area (Å²) in [6.07, 6.45) is 0.957. The highest BCUT2D eigenvalue weighted by molar-refractivity contribution is 7.99. The van der Waals surface area contributed by atoms with Gasteiger partial charge in [-0.2, -0.15) is 0 Å². The van der Waals surface area contributed by atoms with Crippen molar-refractivity contribution >= 4 is 11.8 Å². The van der Waals surface area contributed by atoms with E-state index in [1.807, 2.05) is 24.3 Å². The van der Waals surface area contributed by atoms with E-state index in [4.69, 9.17) is 4.74 Å². The van der Waals surface area contributed by atoms with Crippen molar-refractivity contribution in [1.29, 1.82) is 0 Å². The molecule has 1 aliphatic rings. The lowest BCUT2D eigenvalue weighted by Gasteiger charge is -2.29. The normalized spacial score (nSPS) is 20.2. The van der Waals surface area contributed by atoms with Gasteiger partial charge in [0.2, 0.25) is 0 Å². The Kier molecular flexibility index (Phi) is 4.13. The number of aliphatic hydroxyl groups excluding tert-OH is 1. The molecule has 0 aromatic heterocycles. The summed E-state index contributed by atoms with van der Waals surface area (Å²) in [6, 6.07) is 7.97. The van der Waals surface area contributed by atoms with E-state index in [9.17, 15) is 5.11 Å². The lowest BCUT2D eigenvalue weighted by Crippen LogP contribution is -2.36. The zero-order valence-corrected chi connectivity index (χ0v) is 10.9. The summed E-state index contributed by atoms with van der Waals surface area (Å²) in [4.78, 5) is 1.16. The Hall–Kier alpha value is -0.930. The highest BCUT2D eigenvalue weighted by Crippen LogP contribution is 2.36. The average molecular weight is 250 g/mol. The minimum absolute atomic E-state index is 0.127. The fourth-order valence-corrected chi connectivity index (χ4v) is 2.86. The zero-order valence-electron chi connectivity index (χ0n) is 10.1. The molecule has 0 saturated heterocycles. The maximum atomic E-state index is 10.1. The zero-order chi connectivity index (χ0) is 12.3. The Morgan fingerprint density at radius 3 is 3.12 bits per heavy atom. The van der Waals surface area contributed by atoms with E-state index in [1.165, 1.54) is 0 Å². The Morgan fingerprint density at radius 2 is 2.35 bits per heavy atom. The van der Waals surface area contributed by atoms with Gasteiger partial charge in [-0.15, -0.1) is 11.8 Å². The van der Waals surface area contributed by atoms with Crippen LogP contribution in [-0.4, -0.2) is 23.1 Å². The Morgan fingerprint density at radius 1 is 1.59 bits per heavy atom. The molecule has 17 heavy (non-hydrogen) atoms. The Balaban J connectivity index is 2.00. The SMILES string of the molecule is C=C(CC)CC(O)C1CSc2ccccc2O1. The molecule has 2 nitrogen and oxygen atoms in total. The summed E-state index contributed by atoms with van der Waals surface area (Å²) >= 11 is 1.75. The Labute approximate surface area is 107 Å². The van der Waals surface area contributed by atoms with Gasteiger partial charge in [0.1, 0.15) is 11.9 Å². The molecule has 2 unspecified atom stereocenters. The third-order valence-electron chi connectivity index (χ3n) is 2.96. The summed E-state index contributed by atoms with van der Waals surface area (Å²) < 4.78 is 5.83. The molecule has 1 aliphatic heterocycles. The van der Waals surface area contributed by atoms with Crippen LogP contribution in [0.5, 0.6) is 5.75 Å². The van der Waals surface area contributed by atoms with Gasteiger partial charge < -0.3 is 9.84 Å². The van der Waals surface area contributed by atoms with E-state index in [0.29, 0.717) is 6.42 Å². The molecular formula is C14H18O2S. The van der Waals surface area contributed by atoms with Crippen molar-refractivity contribution in [2.45, 2.75) is 36.9 Å². The van der Waals surface area contributed by atoms with Crippen LogP contribution < -0.4 is 4.74 Å². The minimum Gasteiger partial charge on any atom is -0.486 e. The van der Waals surface area contributed by atoms with E-state index < -0.39 is 6.10 Å². The molecule has 0 bridgehead atoms. The molecule has 2 rings (SSSR count). The maximum absolute atomic E-state index is 10.1. The minimum atomic E-state index is -0.455. The van der Waals surface area contributed by atoms with Crippen LogP contribution in [0.15, 0.2) is 41.3 Å². The number of rotatable bonds is 4. The van der Waals surface area contributed by atoms with Gasteiger partial charge in [-0.05, 0) is 25.0 Å². The van der Waals surface area contributed by atoms with Crippen LogP contribution >= 0.6 is 11.8 Å². The van der Waals surface area contributed by atoms with Crippen LogP contribution in [0.2, 0.25) is 0 Å². The molecule has 0 radical (unpaired) electrons. The van der Waals surface area contributed by atoms with E-state index in [0.717, 1.165) is 28.4 Å². The second-order valence-corrected chi connectivity index (χ2v) is 5.35. The molecule has 1 N–H and O–H groups in total. The van der Waals surface area contributed by atoms with Crippen molar-refractivity contribution < 1.29 is 9.84 Å². The van der Waals surface area contributed by atoms with Crippen LogP contribution in [0.1, 0.15) is 19.8 Å². The van der Waals surface area contributed by atoms with Crippen molar-refractivity contribution in [3.63, 3.8) is 0 Å². The van der Waals surface area contributed by atoms with Crippen molar-refractivity contribution in [3.8, 4) is 5.75 Å². The van der Waals surface area contributed by atoms with Gasteiger partial charge >= 0.3 is 0 Å². The molecule has 2 atom stereocenters. The fraction of sp³-hybridized carbons (Fsp3) is 0.429. The van der Waals surface area contributed by atoms with Gasteiger partial charge in [0.15, 0.2) is 0 Å². The molecule has 92 valence electrons. The van der Waals surface area contributed by atoms with Crippen molar-refractivity contribution in [1.82, 2.24) is 0 Å². The first-order chi connectivity index (χ1) is 8.20. The van der Waals surface area contributed by atoms with Gasteiger partial charge in [-0.1, -0.05) is 31.2 Å². The van der Waals surface area contributed by atoms with Crippen LogP contribution in [-0.2, 0) is 0 Å². The third-order valence-corrected chi connectivity index (χ3v) is 4.10. The number of para-hydroxylation sites is 1. The van der Waals surface area contributed by atoms with Crippen molar-refractivity contribution in [2.75, 3.05) is 5.75 Å². The first kappa shape index (κ1) is 12.5. The molecule has 0 spiro atoms. The quantitative estimate of drug-likeness (QED) is 0.832. The van der Waals surface area contributed by atoms with Gasteiger partial charge in [0, 0.05) is 10.6 Å². The fourth-order valence-electron chi connectivity index (χ4n) is 1.80. The maximum Gasteiger partial charge on any atom is 0.134 e. The van der Waals surface area contributed by atoms with E-state index in [1.54, 1.807) is 11.8 Å². The molecule has 3 heteroatoms. The lowest BCUT2D eigenvalue weighted by molar-refractivity contribution is 0.0465. The van der Waals surface area contributed by atoms with Crippen LogP contribution in [0.3, 0.4) is 0 Å². The first-order valence-corrected chi connectivity index (χ1v) is 6.92. The summed E-state index contributed by atoms with van der Waals surface area (Å²) in [7, 11) is 0. The van der Waals surface area contributed by atoms with Crippen LogP contribution in [0, 0.1) is 0 Å². The first-order valence-electron chi connectivity index (χ1n) is 5.94. The summed E-state index contributed by atoms with van der Waals surface area (Å²) in [5, 5.41) is 10.1. The third kappa shape index (κ3) is 3.05. The molecule has 0 aliphatic carbocycles. The second-order valence-electron chi connectivity index (χ2n) is 4.29. The highest BCUT2D eigenvalue weighted by Gasteiger charge is 2.26. The molecule has 0 saturated carbocycles. The molecule has 1 heterocycles. The number of hydrogen-bond acceptors (Lipinski definition) is 3. The number of hydrogen-bond donors (Lipinski definition) is 1. The van der Waals surface area contributed by atoms with E-state index in [2.05, 4.69) is 13.5 Å². The smallest absolute Gasteiger partial charge is 0.134 e. The number of thioether (sulfide) groups is 1. The summed E-state index contributed by atoms with van der Waals surface area (Å²) in [6.45, 7) is 5.99. The van der Waals surface area contributed by atoms with Gasteiger partial charge in [-0.3, -0.25) is 0 Å². The van der Waals surface area contributed by atoms with Crippen LogP contribution in [0.25, 0.3) is 0 Å².